The van der Waals surface area contributed by atoms with Crippen molar-refractivity contribution in [3.63, 3.8) is 0 Å². The van der Waals surface area contributed by atoms with Gasteiger partial charge in [-0.15, -0.1) is 11.3 Å². The summed E-state index contributed by atoms with van der Waals surface area (Å²) in [6.07, 6.45) is -0.643. The maximum atomic E-state index is 12.5. The molecule has 156 valence electrons. The van der Waals surface area contributed by atoms with Gasteiger partial charge in [-0.25, -0.2) is 4.98 Å². The zero-order chi connectivity index (χ0) is 21.8. The Labute approximate surface area is 190 Å². The summed E-state index contributed by atoms with van der Waals surface area (Å²) in [4.78, 5) is 17.2. The van der Waals surface area contributed by atoms with Gasteiger partial charge in [0.25, 0.3) is 5.91 Å². The van der Waals surface area contributed by atoms with E-state index in [4.69, 9.17) is 21.3 Å². The number of anilines is 1. The lowest BCUT2D eigenvalue weighted by molar-refractivity contribution is -0.122. The summed E-state index contributed by atoms with van der Waals surface area (Å²) in [5.41, 5.74) is 4.98. The fourth-order valence-corrected chi connectivity index (χ4v) is 4.13. The van der Waals surface area contributed by atoms with E-state index < -0.39 is 6.10 Å². The summed E-state index contributed by atoms with van der Waals surface area (Å²) in [7, 11) is 0. The van der Waals surface area contributed by atoms with E-state index in [-0.39, 0.29) is 5.91 Å². The molecule has 0 bridgehead atoms. The van der Waals surface area contributed by atoms with Gasteiger partial charge in [0, 0.05) is 27.2 Å². The van der Waals surface area contributed by atoms with Crippen molar-refractivity contribution >= 4 is 34.5 Å². The highest BCUT2D eigenvalue weighted by atomic mass is 35.5. The molecule has 0 saturated heterocycles. The van der Waals surface area contributed by atoms with Crippen molar-refractivity contribution < 1.29 is 9.53 Å². The lowest BCUT2D eigenvalue weighted by atomic mass is 10.1. The number of rotatable bonds is 6. The van der Waals surface area contributed by atoms with Gasteiger partial charge in [-0.2, -0.15) is 0 Å². The summed E-state index contributed by atoms with van der Waals surface area (Å²) >= 11 is 7.50. The Kier molecular flexibility index (Phi) is 6.35. The summed E-state index contributed by atoms with van der Waals surface area (Å²) in [5, 5.41) is 6.56. The molecule has 3 aromatic carbocycles. The maximum Gasteiger partial charge on any atom is 0.265 e. The number of nitrogens with zero attached hydrogens (tertiary/aromatic N) is 1. The van der Waals surface area contributed by atoms with Gasteiger partial charge in [-0.3, -0.25) is 4.79 Å². The Hall–Kier alpha value is -3.15. The molecule has 0 spiro atoms. The highest BCUT2D eigenvalue weighted by Gasteiger charge is 2.15. The van der Waals surface area contributed by atoms with Gasteiger partial charge in [-0.1, -0.05) is 48.0 Å². The average molecular weight is 449 g/mol. The van der Waals surface area contributed by atoms with Crippen LogP contribution in [0.1, 0.15) is 12.5 Å². The van der Waals surface area contributed by atoms with Crippen LogP contribution < -0.4 is 10.1 Å². The predicted molar refractivity (Wildman–Crippen MR) is 128 cm³/mol. The fourth-order valence-electron chi connectivity index (χ4n) is 3.08. The monoisotopic (exact) mass is 448 g/mol. The molecular weight excluding hydrogens is 428 g/mol. The van der Waals surface area contributed by atoms with E-state index in [9.17, 15) is 4.79 Å². The molecule has 1 aromatic heterocycles. The summed E-state index contributed by atoms with van der Waals surface area (Å²) in [6, 6.07) is 22.8. The molecule has 0 aliphatic rings. The quantitative estimate of drug-likeness (QED) is 0.351. The first-order valence-corrected chi connectivity index (χ1v) is 11.1. The molecule has 4 aromatic rings. The third kappa shape index (κ3) is 5.13. The lowest BCUT2D eigenvalue weighted by Gasteiger charge is -2.15. The zero-order valence-electron chi connectivity index (χ0n) is 17.1. The topological polar surface area (TPSA) is 51.2 Å². The predicted octanol–water partition coefficient (Wildman–Crippen LogP) is 6.84. The third-order valence-electron chi connectivity index (χ3n) is 4.82. The van der Waals surface area contributed by atoms with Crippen LogP contribution in [0, 0.1) is 6.92 Å². The minimum Gasteiger partial charge on any atom is -0.481 e. The van der Waals surface area contributed by atoms with E-state index in [1.54, 1.807) is 42.5 Å². The largest absolute Gasteiger partial charge is 0.481 e. The van der Waals surface area contributed by atoms with Gasteiger partial charge in [0.15, 0.2) is 6.10 Å². The first kappa shape index (κ1) is 21.1. The van der Waals surface area contributed by atoms with Crippen molar-refractivity contribution in [1.29, 1.82) is 0 Å². The van der Waals surface area contributed by atoms with Crippen molar-refractivity contribution in [2.45, 2.75) is 20.0 Å². The van der Waals surface area contributed by atoms with E-state index in [0.717, 1.165) is 21.8 Å². The zero-order valence-corrected chi connectivity index (χ0v) is 18.7. The molecule has 31 heavy (non-hydrogen) atoms. The second kappa shape index (κ2) is 9.33. The number of benzene rings is 3. The van der Waals surface area contributed by atoms with Crippen LogP contribution in [-0.4, -0.2) is 17.0 Å². The Morgan fingerprint density at radius 3 is 2.45 bits per heavy atom. The Bertz CT molecular complexity index is 1190. The highest BCUT2D eigenvalue weighted by molar-refractivity contribution is 7.13. The van der Waals surface area contributed by atoms with Crippen molar-refractivity contribution in [2.75, 3.05) is 5.32 Å². The van der Waals surface area contributed by atoms with Crippen LogP contribution in [0.5, 0.6) is 5.75 Å². The number of nitrogens with one attached hydrogen (secondary N) is 1. The van der Waals surface area contributed by atoms with Crippen LogP contribution in [0.3, 0.4) is 0 Å². The van der Waals surface area contributed by atoms with Gasteiger partial charge in [0.2, 0.25) is 0 Å². The molecule has 0 fully saturated rings. The van der Waals surface area contributed by atoms with Gasteiger partial charge >= 0.3 is 0 Å². The average Bonchev–Trinajstić information content (AvgIpc) is 3.26. The number of amides is 1. The van der Waals surface area contributed by atoms with Crippen LogP contribution in [0.15, 0.2) is 78.2 Å². The highest BCUT2D eigenvalue weighted by Crippen LogP contribution is 2.31. The van der Waals surface area contributed by atoms with E-state index in [0.29, 0.717) is 16.5 Å². The standard InChI is InChI=1S/C25H21ClN2O2S/c1-16-5-3-4-6-22(16)25-28-23(15-31-25)18-7-11-20(12-8-18)27-24(29)17(2)30-21-13-9-19(26)10-14-21/h3-15,17H,1-2H3,(H,27,29). The maximum absolute atomic E-state index is 12.5. The Morgan fingerprint density at radius 2 is 1.74 bits per heavy atom. The molecule has 1 amide bonds. The molecular formula is C25H21ClN2O2S. The molecule has 6 heteroatoms. The number of aryl methyl sites for hydroxylation is 1. The summed E-state index contributed by atoms with van der Waals surface area (Å²) in [5.74, 6) is 0.369. The third-order valence-corrected chi connectivity index (χ3v) is 5.95. The van der Waals surface area contributed by atoms with Crippen LogP contribution in [0.4, 0.5) is 5.69 Å². The molecule has 1 atom stereocenters. The van der Waals surface area contributed by atoms with Gasteiger partial charge in [0.05, 0.1) is 5.69 Å². The number of thiazole rings is 1. The van der Waals surface area contributed by atoms with Crippen molar-refractivity contribution in [2.24, 2.45) is 0 Å². The molecule has 1 heterocycles. The van der Waals surface area contributed by atoms with Crippen molar-refractivity contribution in [1.82, 2.24) is 4.98 Å². The minimum atomic E-state index is -0.643. The van der Waals surface area contributed by atoms with Crippen LogP contribution in [0.25, 0.3) is 21.8 Å². The van der Waals surface area contributed by atoms with Crippen molar-refractivity contribution in [3.8, 4) is 27.6 Å². The van der Waals surface area contributed by atoms with E-state index in [2.05, 4.69) is 29.8 Å². The molecule has 0 aliphatic heterocycles. The lowest BCUT2D eigenvalue weighted by Crippen LogP contribution is -2.30. The first-order valence-electron chi connectivity index (χ1n) is 9.84. The molecule has 0 radical (unpaired) electrons. The number of halogens is 1. The molecule has 0 saturated carbocycles. The normalized spacial score (nSPS) is 11.7. The van der Waals surface area contributed by atoms with Gasteiger partial charge < -0.3 is 10.1 Å². The van der Waals surface area contributed by atoms with Gasteiger partial charge in [0.1, 0.15) is 10.8 Å². The first-order chi connectivity index (χ1) is 15.0. The number of ether oxygens (including phenoxy) is 1. The van der Waals surface area contributed by atoms with Gasteiger partial charge in [-0.05, 0) is 55.8 Å². The summed E-state index contributed by atoms with van der Waals surface area (Å²) in [6.45, 7) is 3.80. The molecule has 4 nitrogen and oxygen atoms in total. The van der Waals surface area contributed by atoms with Crippen LogP contribution >= 0.6 is 22.9 Å². The van der Waals surface area contributed by atoms with Crippen LogP contribution in [0.2, 0.25) is 5.02 Å². The van der Waals surface area contributed by atoms with Crippen LogP contribution in [-0.2, 0) is 4.79 Å². The molecule has 1 unspecified atom stereocenters. The number of carbonyl (C=O) groups is 1. The Balaban J connectivity index is 1.41. The summed E-state index contributed by atoms with van der Waals surface area (Å²) < 4.78 is 5.67. The SMILES string of the molecule is Cc1ccccc1-c1nc(-c2ccc(NC(=O)C(C)Oc3ccc(Cl)cc3)cc2)cs1. The van der Waals surface area contributed by atoms with Crippen molar-refractivity contribution in [3.05, 3.63) is 88.8 Å². The number of carbonyl (C=O) groups excluding carboxylic acids is 1. The molecule has 0 aliphatic carbocycles. The minimum absolute atomic E-state index is 0.224. The molecule has 4 rings (SSSR count). The fraction of sp³-hybridized carbons (Fsp3) is 0.120. The Morgan fingerprint density at radius 1 is 1.03 bits per heavy atom. The second-order valence-corrected chi connectivity index (χ2v) is 8.43. The number of aromatic nitrogens is 1. The number of hydrogen-bond donors (Lipinski definition) is 1. The van der Waals surface area contributed by atoms with E-state index in [1.165, 1.54) is 5.56 Å². The smallest absolute Gasteiger partial charge is 0.265 e. The number of hydrogen-bond acceptors (Lipinski definition) is 4. The van der Waals surface area contributed by atoms with E-state index in [1.807, 2.05) is 36.4 Å². The second-order valence-electron chi connectivity index (χ2n) is 7.13. The van der Waals surface area contributed by atoms with E-state index >= 15 is 0 Å². The molecule has 1 N–H and O–H groups in total.